The smallest absolute Gasteiger partial charge is 0.326 e. The summed E-state index contributed by atoms with van der Waals surface area (Å²) in [4.78, 5) is 11.6. The minimum Gasteiger partial charge on any atom is -0.480 e. The lowest BCUT2D eigenvalue weighted by atomic mass is 10.0. The molecule has 25 heavy (non-hydrogen) atoms. The van der Waals surface area contributed by atoms with E-state index in [-0.39, 0.29) is 10.5 Å². The van der Waals surface area contributed by atoms with Crippen molar-refractivity contribution in [3.8, 4) is 6.07 Å². The van der Waals surface area contributed by atoms with E-state index in [1.165, 1.54) is 36.4 Å². The lowest BCUT2D eigenvalue weighted by molar-refractivity contribution is -0.141. The second-order valence-corrected chi connectivity index (χ2v) is 8.24. The van der Waals surface area contributed by atoms with Crippen LogP contribution < -0.4 is 0 Å². The molecule has 0 amide bonds. The fraction of sp³-hybridized carbons (Fsp3) is 0.176. The van der Waals surface area contributed by atoms with Crippen LogP contribution in [0.4, 0.5) is 4.39 Å². The van der Waals surface area contributed by atoms with Crippen LogP contribution in [0.5, 0.6) is 0 Å². The van der Waals surface area contributed by atoms with Gasteiger partial charge in [-0.3, -0.25) is 4.79 Å². The van der Waals surface area contributed by atoms with E-state index in [4.69, 9.17) is 11.6 Å². The standard InChI is InChI=1S/C17H11ClFNO4S/c18-11-3-7-13(8-4-11)25(23,24)15-14(17(15,9-20)16(21)22)10-1-5-12(19)6-2-10/h1-8,14-15H,(H,21,22)/t14-,15+,17-/m1/s1. The van der Waals surface area contributed by atoms with Crippen LogP contribution in [0.2, 0.25) is 5.02 Å². The summed E-state index contributed by atoms with van der Waals surface area (Å²) in [6.45, 7) is 0. The maximum atomic E-state index is 13.1. The number of benzene rings is 2. The first-order valence-electron chi connectivity index (χ1n) is 7.14. The number of carbonyl (C=O) groups is 1. The highest BCUT2D eigenvalue weighted by atomic mass is 35.5. The zero-order valence-corrected chi connectivity index (χ0v) is 14.1. The number of nitriles is 1. The summed E-state index contributed by atoms with van der Waals surface area (Å²) in [6, 6.07) is 11.7. The maximum absolute atomic E-state index is 13.1. The molecule has 1 aliphatic rings. The van der Waals surface area contributed by atoms with E-state index in [0.717, 1.165) is 12.1 Å². The van der Waals surface area contributed by atoms with Crippen LogP contribution in [-0.2, 0) is 14.6 Å². The van der Waals surface area contributed by atoms with Crippen LogP contribution in [0.3, 0.4) is 0 Å². The average Bonchev–Trinajstić information content (AvgIpc) is 3.27. The number of nitrogens with zero attached hydrogens (tertiary/aromatic N) is 1. The Morgan fingerprint density at radius 1 is 1.16 bits per heavy atom. The number of hydrogen-bond donors (Lipinski definition) is 1. The third-order valence-corrected chi connectivity index (χ3v) is 6.87. The Morgan fingerprint density at radius 2 is 1.72 bits per heavy atom. The summed E-state index contributed by atoms with van der Waals surface area (Å²) < 4.78 is 38.9. The first-order chi connectivity index (χ1) is 11.7. The van der Waals surface area contributed by atoms with Gasteiger partial charge in [0.25, 0.3) is 0 Å². The molecule has 0 bridgehead atoms. The van der Waals surface area contributed by atoms with Crippen LogP contribution in [0, 0.1) is 22.6 Å². The number of aliphatic carboxylic acids is 1. The van der Waals surface area contributed by atoms with Gasteiger partial charge in [0.2, 0.25) is 0 Å². The van der Waals surface area contributed by atoms with Crippen molar-refractivity contribution >= 4 is 27.4 Å². The lowest BCUT2D eigenvalue weighted by Gasteiger charge is -2.05. The number of carboxylic acid groups (broad SMARTS) is 1. The lowest BCUT2D eigenvalue weighted by Crippen LogP contribution is -2.22. The summed E-state index contributed by atoms with van der Waals surface area (Å²) in [7, 11) is -4.11. The maximum Gasteiger partial charge on any atom is 0.326 e. The fourth-order valence-corrected chi connectivity index (χ4v) is 5.47. The van der Waals surface area contributed by atoms with Crippen molar-refractivity contribution in [1.29, 1.82) is 5.26 Å². The molecule has 1 N–H and O–H groups in total. The molecule has 2 aromatic rings. The molecule has 3 rings (SSSR count). The van der Waals surface area contributed by atoms with Crippen molar-refractivity contribution in [3.05, 3.63) is 64.9 Å². The minimum absolute atomic E-state index is 0.118. The Balaban J connectivity index is 2.12. The normalized spacial score (nSPS) is 25.2. The van der Waals surface area contributed by atoms with E-state index in [2.05, 4.69) is 0 Å². The van der Waals surface area contributed by atoms with Crippen LogP contribution in [0.15, 0.2) is 53.4 Å². The van der Waals surface area contributed by atoms with Crippen LogP contribution >= 0.6 is 11.6 Å². The van der Waals surface area contributed by atoms with Crippen molar-refractivity contribution in [2.75, 3.05) is 0 Å². The van der Waals surface area contributed by atoms with Crippen molar-refractivity contribution < 1.29 is 22.7 Å². The third-order valence-electron chi connectivity index (χ3n) is 4.38. The molecule has 0 saturated heterocycles. The third kappa shape index (κ3) is 2.58. The zero-order chi connectivity index (χ0) is 18.4. The predicted molar refractivity (Wildman–Crippen MR) is 87.2 cm³/mol. The molecule has 0 radical (unpaired) electrons. The Kier molecular flexibility index (Phi) is 4.06. The first kappa shape index (κ1) is 17.4. The van der Waals surface area contributed by atoms with E-state index >= 15 is 0 Å². The van der Waals surface area contributed by atoms with Crippen LogP contribution in [0.25, 0.3) is 0 Å². The highest BCUT2D eigenvalue weighted by molar-refractivity contribution is 7.92. The summed E-state index contributed by atoms with van der Waals surface area (Å²) in [5.74, 6) is -3.15. The Bertz CT molecular complexity index is 983. The molecule has 1 fully saturated rings. The Labute approximate surface area is 148 Å². The largest absolute Gasteiger partial charge is 0.480 e. The molecule has 2 aromatic carbocycles. The van der Waals surface area contributed by atoms with Gasteiger partial charge in [-0.25, -0.2) is 12.8 Å². The van der Waals surface area contributed by atoms with E-state index in [9.17, 15) is 28.0 Å². The quantitative estimate of drug-likeness (QED) is 0.880. The molecule has 0 heterocycles. The van der Waals surface area contributed by atoms with E-state index < -0.39 is 38.2 Å². The SMILES string of the molecule is N#C[C@@]1(C(=O)O)[C@H](c2ccc(F)cc2)[C@@H]1S(=O)(=O)c1ccc(Cl)cc1. The fourth-order valence-electron chi connectivity index (χ4n) is 3.09. The van der Waals surface area contributed by atoms with Crippen LogP contribution in [-0.4, -0.2) is 24.7 Å². The van der Waals surface area contributed by atoms with E-state index in [1.807, 2.05) is 0 Å². The van der Waals surface area contributed by atoms with Crippen LogP contribution in [0.1, 0.15) is 11.5 Å². The van der Waals surface area contributed by atoms with Gasteiger partial charge in [0.15, 0.2) is 15.3 Å². The molecule has 3 atom stereocenters. The van der Waals surface area contributed by atoms with Gasteiger partial charge in [-0.05, 0) is 42.0 Å². The molecule has 8 heteroatoms. The topological polar surface area (TPSA) is 95.2 Å². The molecule has 0 spiro atoms. The van der Waals surface area contributed by atoms with Gasteiger partial charge < -0.3 is 5.11 Å². The molecule has 128 valence electrons. The number of rotatable bonds is 4. The summed E-state index contributed by atoms with van der Waals surface area (Å²) in [5.41, 5.74) is -1.83. The highest BCUT2D eigenvalue weighted by Crippen LogP contribution is 2.64. The predicted octanol–water partition coefficient (Wildman–Crippen LogP) is 3.01. The second-order valence-electron chi connectivity index (χ2n) is 5.73. The monoisotopic (exact) mass is 379 g/mol. The summed E-state index contributed by atoms with van der Waals surface area (Å²) >= 11 is 5.75. The molecule has 1 aliphatic carbocycles. The zero-order valence-electron chi connectivity index (χ0n) is 12.6. The van der Waals surface area contributed by atoms with Gasteiger partial charge in [-0.15, -0.1) is 0 Å². The molecular weight excluding hydrogens is 369 g/mol. The van der Waals surface area contributed by atoms with Crippen molar-refractivity contribution in [2.24, 2.45) is 5.41 Å². The molecule has 0 aliphatic heterocycles. The van der Waals surface area contributed by atoms with Gasteiger partial charge in [0.1, 0.15) is 11.1 Å². The molecule has 0 aromatic heterocycles. The molecule has 1 saturated carbocycles. The van der Waals surface area contributed by atoms with E-state index in [1.54, 1.807) is 6.07 Å². The second kappa shape index (κ2) is 5.83. The Hall–Kier alpha value is -2.43. The molecule has 5 nitrogen and oxygen atoms in total. The number of halogens is 2. The van der Waals surface area contributed by atoms with Gasteiger partial charge in [0, 0.05) is 10.9 Å². The average molecular weight is 380 g/mol. The minimum atomic E-state index is -4.11. The first-order valence-corrected chi connectivity index (χ1v) is 9.07. The highest BCUT2D eigenvalue weighted by Gasteiger charge is 2.77. The number of sulfone groups is 1. The van der Waals surface area contributed by atoms with Gasteiger partial charge in [0.05, 0.1) is 11.0 Å². The molecular formula is C17H11ClFNO4S. The molecule has 0 unspecified atom stereocenters. The van der Waals surface area contributed by atoms with Crippen molar-refractivity contribution in [2.45, 2.75) is 16.1 Å². The summed E-state index contributed by atoms with van der Waals surface area (Å²) in [5, 5.41) is 17.8. The van der Waals surface area contributed by atoms with Gasteiger partial charge in [-0.1, -0.05) is 23.7 Å². The van der Waals surface area contributed by atoms with Gasteiger partial charge >= 0.3 is 5.97 Å². The van der Waals surface area contributed by atoms with Crippen molar-refractivity contribution in [1.82, 2.24) is 0 Å². The number of carboxylic acids is 1. The summed E-state index contributed by atoms with van der Waals surface area (Å²) in [6.07, 6.45) is 0. The van der Waals surface area contributed by atoms with Gasteiger partial charge in [-0.2, -0.15) is 5.26 Å². The van der Waals surface area contributed by atoms with E-state index in [0.29, 0.717) is 5.02 Å². The Morgan fingerprint density at radius 3 is 2.20 bits per heavy atom. The van der Waals surface area contributed by atoms with Crippen molar-refractivity contribution in [3.63, 3.8) is 0 Å². The number of hydrogen-bond acceptors (Lipinski definition) is 4.